The lowest BCUT2D eigenvalue weighted by Gasteiger charge is -2.26. The Morgan fingerprint density at radius 1 is 1.19 bits per heavy atom. The maximum Gasteiger partial charge on any atom is 0.239 e. The standard InChI is InChI=1S/C16H27N3O2/c1-4-9-19(11-10-18(2)3)16(21)15(17)12-13-5-7-14(20)8-6-13/h5-8,15,20H,4,9-12,17H2,1-3H3/t15-/m1/s1. The number of phenols is 1. The van der Waals surface area contributed by atoms with Crippen molar-refractivity contribution in [2.45, 2.75) is 25.8 Å². The predicted octanol–water partition coefficient (Wildman–Crippen LogP) is 1.06. The minimum absolute atomic E-state index is 0.00762. The fourth-order valence-electron chi connectivity index (χ4n) is 2.13. The van der Waals surface area contributed by atoms with E-state index in [-0.39, 0.29) is 11.7 Å². The number of likely N-dealkylation sites (N-methyl/N-ethyl adjacent to an activating group) is 1. The van der Waals surface area contributed by atoms with Crippen molar-refractivity contribution in [3.8, 4) is 5.75 Å². The van der Waals surface area contributed by atoms with Gasteiger partial charge in [-0.3, -0.25) is 4.79 Å². The Labute approximate surface area is 127 Å². The summed E-state index contributed by atoms with van der Waals surface area (Å²) in [5.74, 6) is 0.212. The smallest absolute Gasteiger partial charge is 0.239 e. The lowest BCUT2D eigenvalue weighted by molar-refractivity contribution is -0.132. The Balaban J connectivity index is 2.61. The fraction of sp³-hybridized carbons (Fsp3) is 0.562. The Kier molecular flexibility index (Phi) is 7.19. The van der Waals surface area contributed by atoms with Gasteiger partial charge in [0, 0.05) is 19.6 Å². The van der Waals surface area contributed by atoms with Crippen molar-refractivity contribution >= 4 is 5.91 Å². The zero-order chi connectivity index (χ0) is 15.8. The average Bonchev–Trinajstić information content (AvgIpc) is 2.45. The Morgan fingerprint density at radius 3 is 2.33 bits per heavy atom. The van der Waals surface area contributed by atoms with Crippen molar-refractivity contribution in [3.05, 3.63) is 29.8 Å². The highest BCUT2D eigenvalue weighted by atomic mass is 16.3. The number of aromatic hydroxyl groups is 1. The molecule has 3 N–H and O–H groups in total. The maximum absolute atomic E-state index is 12.4. The minimum Gasteiger partial charge on any atom is -0.508 e. The van der Waals surface area contributed by atoms with E-state index in [1.165, 1.54) is 0 Å². The Morgan fingerprint density at radius 2 is 1.81 bits per heavy atom. The highest BCUT2D eigenvalue weighted by Gasteiger charge is 2.20. The summed E-state index contributed by atoms with van der Waals surface area (Å²) in [4.78, 5) is 16.3. The summed E-state index contributed by atoms with van der Waals surface area (Å²) in [6.45, 7) is 4.32. The molecule has 5 nitrogen and oxygen atoms in total. The van der Waals surface area contributed by atoms with Crippen LogP contribution in [0.3, 0.4) is 0 Å². The van der Waals surface area contributed by atoms with Gasteiger partial charge in [0.2, 0.25) is 5.91 Å². The molecule has 0 aliphatic rings. The zero-order valence-electron chi connectivity index (χ0n) is 13.2. The van der Waals surface area contributed by atoms with Crippen LogP contribution in [0.1, 0.15) is 18.9 Å². The van der Waals surface area contributed by atoms with Crippen LogP contribution in [0.2, 0.25) is 0 Å². The van der Waals surface area contributed by atoms with Gasteiger partial charge in [-0.2, -0.15) is 0 Å². The number of hydrogen-bond acceptors (Lipinski definition) is 4. The number of benzene rings is 1. The summed E-state index contributed by atoms with van der Waals surface area (Å²) >= 11 is 0. The normalized spacial score (nSPS) is 12.4. The molecule has 0 heterocycles. The number of rotatable bonds is 8. The first kappa shape index (κ1) is 17.5. The number of phenolic OH excluding ortho intramolecular Hbond substituents is 1. The summed E-state index contributed by atoms with van der Waals surface area (Å²) in [7, 11) is 3.98. The van der Waals surface area contributed by atoms with Crippen LogP contribution in [-0.4, -0.2) is 60.6 Å². The van der Waals surface area contributed by atoms with E-state index in [1.807, 2.05) is 19.0 Å². The van der Waals surface area contributed by atoms with E-state index in [4.69, 9.17) is 5.73 Å². The van der Waals surface area contributed by atoms with Crippen LogP contribution in [0.4, 0.5) is 0 Å². The van der Waals surface area contributed by atoms with Gasteiger partial charge in [0.25, 0.3) is 0 Å². The van der Waals surface area contributed by atoms with Crippen LogP contribution in [0, 0.1) is 0 Å². The van der Waals surface area contributed by atoms with Crippen molar-refractivity contribution in [3.63, 3.8) is 0 Å². The molecule has 5 heteroatoms. The van der Waals surface area contributed by atoms with E-state index < -0.39 is 6.04 Å². The first-order valence-corrected chi connectivity index (χ1v) is 7.41. The third kappa shape index (κ3) is 6.14. The largest absolute Gasteiger partial charge is 0.508 e. The quantitative estimate of drug-likeness (QED) is 0.752. The molecular weight excluding hydrogens is 266 g/mol. The summed E-state index contributed by atoms with van der Waals surface area (Å²) in [5.41, 5.74) is 7.01. The highest BCUT2D eigenvalue weighted by Crippen LogP contribution is 2.11. The SMILES string of the molecule is CCCN(CCN(C)C)C(=O)[C@H](N)Cc1ccc(O)cc1. The number of carbonyl (C=O) groups excluding carboxylic acids is 1. The van der Waals surface area contributed by atoms with Gasteiger partial charge in [0.05, 0.1) is 6.04 Å². The van der Waals surface area contributed by atoms with Crippen molar-refractivity contribution in [1.29, 1.82) is 0 Å². The lowest BCUT2D eigenvalue weighted by Crippen LogP contribution is -2.47. The molecule has 0 aromatic heterocycles. The van der Waals surface area contributed by atoms with Crippen molar-refractivity contribution in [1.82, 2.24) is 9.80 Å². The molecule has 21 heavy (non-hydrogen) atoms. The Bertz CT molecular complexity index is 432. The van der Waals surface area contributed by atoms with Gasteiger partial charge in [0.15, 0.2) is 0 Å². The van der Waals surface area contributed by atoms with Crippen molar-refractivity contribution in [2.75, 3.05) is 33.7 Å². The molecule has 0 radical (unpaired) electrons. The summed E-state index contributed by atoms with van der Waals surface area (Å²) in [6, 6.07) is 6.28. The number of nitrogens with zero attached hydrogens (tertiary/aromatic N) is 2. The van der Waals surface area contributed by atoms with E-state index in [1.54, 1.807) is 24.3 Å². The first-order valence-electron chi connectivity index (χ1n) is 7.41. The molecule has 0 saturated carbocycles. The van der Waals surface area contributed by atoms with Crippen LogP contribution >= 0.6 is 0 Å². The molecule has 0 aliphatic carbocycles. The molecule has 1 atom stereocenters. The van der Waals surface area contributed by atoms with E-state index in [0.29, 0.717) is 13.0 Å². The van der Waals surface area contributed by atoms with Crippen LogP contribution < -0.4 is 5.73 Å². The number of carbonyl (C=O) groups is 1. The van der Waals surface area contributed by atoms with E-state index in [9.17, 15) is 9.90 Å². The third-order valence-corrected chi connectivity index (χ3v) is 3.33. The molecular formula is C16H27N3O2. The van der Waals surface area contributed by atoms with Crippen LogP contribution in [0.15, 0.2) is 24.3 Å². The van der Waals surface area contributed by atoms with Crippen LogP contribution in [0.5, 0.6) is 5.75 Å². The molecule has 0 aliphatic heterocycles. The second-order valence-electron chi connectivity index (χ2n) is 5.61. The molecule has 118 valence electrons. The highest BCUT2D eigenvalue weighted by molar-refractivity contribution is 5.82. The fourth-order valence-corrected chi connectivity index (χ4v) is 2.13. The second-order valence-corrected chi connectivity index (χ2v) is 5.61. The van der Waals surface area contributed by atoms with Crippen LogP contribution in [-0.2, 0) is 11.2 Å². The van der Waals surface area contributed by atoms with Gasteiger partial charge < -0.3 is 20.6 Å². The van der Waals surface area contributed by atoms with E-state index in [0.717, 1.165) is 25.1 Å². The lowest BCUT2D eigenvalue weighted by atomic mass is 10.1. The minimum atomic E-state index is -0.539. The number of nitrogens with two attached hydrogens (primary N) is 1. The molecule has 0 bridgehead atoms. The number of hydrogen-bond donors (Lipinski definition) is 2. The second kappa shape index (κ2) is 8.64. The Hall–Kier alpha value is -1.59. The zero-order valence-corrected chi connectivity index (χ0v) is 13.2. The van der Waals surface area contributed by atoms with Gasteiger partial charge >= 0.3 is 0 Å². The predicted molar refractivity (Wildman–Crippen MR) is 85.2 cm³/mol. The summed E-state index contributed by atoms with van der Waals surface area (Å²) in [5, 5.41) is 9.27. The monoisotopic (exact) mass is 293 g/mol. The van der Waals surface area contributed by atoms with Gasteiger partial charge in [-0.1, -0.05) is 19.1 Å². The van der Waals surface area contributed by atoms with Gasteiger partial charge in [0.1, 0.15) is 5.75 Å². The first-order chi connectivity index (χ1) is 9.93. The summed E-state index contributed by atoms with van der Waals surface area (Å²) < 4.78 is 0. The molecule has 1 aromatic rings. The molecule has 0 spiro atoms. The van der Waals surface area contributed by atoms with Gasteiger partial charge in [-0.15, -0.1) is 0 Å². The van der Waals surface area contributed by atoms with Crippen LogP contribution in [0.25, 0.3) is 0 Å². The van der Waals surface area contributed by atoms with Crippen molar-refractivity contribution in [2.24, 2.45) is 5.73 Å². The van der Waals surface area contributed by atoms with Crippen molar-refractivity contribution < 1.29 is 9.90 Å². The van der Waals surface area contributed by atoms with Gasteiger partial charge in [-0.25, -0.2) is 0 Å². The molecule has 0 unspecified atom stereocenters. The molecule has 1 aromatic carbocycles. The number of amides is 1. The third-order valence-electron chi connectivity index (χ3n) is 3.33. The van der Waals surface area contributed by atoms with E-state index in [2.05, 4.69) is 11.8 Å². The molecule has 0 saturated heterocycles. The van der Waals surface area contributed by atoms with E-state index >= 15 is 0 Å². The topological polar surface area (TPSA) is 69.8 Å². The summed E-state index contributed by atoms with van der Waals surface area (Å²) in [6.07, 6.45) is 1.41. The maximum atomic E-state index is 12.4. The van der Waals surface area contributed by atoms with Gasteiger partial charge in [-0.05, 0) is 44.6 Å². The molecule has 1 rings (SSSR count). The average molecular weight is 293 g/mol. The molecule has 0 fully saturated rings. The molecule has 1 amide bonds.